The van der Waals surface area contributed by atoms with Gasteiger partial charge in [-0.25, -0.2) is 12.7 Å². The Labute approximate surface area is 214 Å². The van der Waals surface area contributed by atoms with Crippen LogP contribution in [0.1, 0.15) is 10.4 Å². The number of aromatic amines is 1. The van der Waals surface area contributed by atoms with Crippen LogP contribution >= 0.6 is 0 Å². The minimum absolute atomic E-state index is 0.0308. The summed E-state index contributed by atoms with van der Waals surface area (Å²) < 4.78 is 32.2. The lowest BCUT2D eigenvalue weighted by molar-refractivity contribution is 0.0303. The largest absolute Gasteiger partial charge is 0.378 e. The first-order valence-electron chi connectivity index (χ1n) is 11.7. The van der Waals surface area contributed by atoms with Crippen molar-refractivity contribution in [3.8, 4) is 0 Å². The van der Waals surface area contributed by atoms with Crippen LogP contribution in [-0.4, -0.2) is 78.9 Å². The van der Waals surface area contributed by atoms with Gasteiger partial charge in [-0.2, -0.15) is 9.97 Å². The average Bonchev–Trinajstić information content (AvgIpc) is 3.38. The van der Waals surface area contributed by atoms with Gasteiger partial charge in [-0.05, 0) is 42.5 Å². The number of carbonyl (C=O) groups is 1. The number of nitrogens with zero attached hydrogens (tertiary/aromatic N) is 4. The molecule has 12 heteroatoms. The summed E-state index contributed by atoms with van der Waals surface area (Å²) in [4.78, 5) is 26.8. The maximum absolute atomic E-state index is 12.8. The Bertz CT molecular complexity index is 1530. The molecule has 11 nitrogen and oxygen atoms in total. The highest BCUT2D eigenvalue weighted by Crippen LogP contribution is 2.30. The van der Waals surface area contributed by atoms with Crippen molar-refractivity contribution in [2.24, 2.45) is 0 Å². The summed E-state index contributed by atoms with van der Waals surface area (Å²) in [6.07, 6.45) is 1.74. The van der Waals surface area contributed by atoms with Gasteiger partial charge in [0.15, 0.2) is 0 Å². The molecule has 37 heavy (non-hydrogen) atoms. The van der Waals surface area contributed by atoms with Gasteiger partial charge in [0.05, 0.1) is 24.3 Å². The van der Waals surface area contributed by atoms with Crippen molar-refractivity contribution in [2.45, 2.75) is 4.90 Å². The summed E-state index contributed by atoms with van der Waals surface area (Å²) in [6, 6.07) is 15.6. The normalized spacial score (nSPS) is 14.2. The highest BCUT2D eigenvalue weighted by molar-refractivity contribution is 7.89. The Kier molecular flexibility index (Phi) is 6.78. The van der Waals surface area contributed by atoms with Crippen molar-refractivity contribution >= 4 is 50.1 Å². The van der Waals surface area contributed by atoms with Crippen molar-refractivity contribution in [1.82, 2.24) is 24.2 Å². The lowest BCUT2D eigenvalue weighted by Crippen LogP contribution is -2.40. The number of hydrogen-bond donors (Lipinski definition) is 3. The van der Waals surface area contributed by atoms with E-state index in [0.717, 1.165) is 0 Å². The highest BCUT2D eigenvalue weighted by atomic mass is 32.2. The van der Waals surface area contributed by atoms with E-state index in [-0.39, 0.29) is 10.8 Å². The summed E-state index contributed by atoms with van der Waals surface area (Å²) in [5.74, 6) is 0.712. The van der Waals surface area contributed by atoms with Crippen molar-refractivity contribution in [1.29, 1.82) is 0 Å². The van der Waals surface area contributed by atoms with Crippen molar-refractivity contribution in [3.63, 3.8) is 0 Å². The van der Waals surface area contributed by atoms with E-state index >= 15 is 0 Å². The number of benzene rings is 2. The van der Waals surface area contributed by atoms with Gasteiger partial charge in [0.1, 0.15) is 16.4 Å². The average molecular weight is 522 g/mol. The Morgan fingerprint density at radius 2 is 1.73 bits per heavy atom. The van der Waals surface area contributed by atoms with Gasteiger partial charge in [0, 0.05) is 44.6 Å². The smallest absolute Gasteiger partial charge is 0.254 e. The number of carbonyl (C=O) groups excluding carboxylic acids is 1. The van der Waals surface area contributed by atoms with Crippen LogP contribution < -0.4 is 10.6 Å². The van der Waals surface area contributed by atoms with Crippen molar-refractivity contribution < 1.29 is 17.9 Å². The number of amides is 1. The fourth-order valence-corrected chi connectivity index (χ4v) is 5.03. The van der Waals surface area contributed by atoms with Gasteiger partial charge in [-0.15, -0.1) is 0 Å². The fourth-order valence-electron chi connectivity index (χ4n) is 3.99. The molecule has 3 N–H and O–H groups in total. The number of aromatic nitrogens is 3. The number of para-hydroxylation sites is 1. The molecule has 3 heterocycles. The third kappa shape index (κ3) is 5.12. The number of morpholine rings is 1. The first-order chi connectivity index (χ1) is 17.8. The summed E-state index contributed by atoms with van der Waals surface area (Å²) in [5.41, 5.74) is 2.27. The second-order valence-corrected chi connectivity index (χ2v) is 10.8. The minimum atomic E-state index is -3.68. The number of hydrogen-bond acceptors (Lipinski definition) is 8. The lowest BCUT2D eigenvalue weighted by atomic mass is 10.1. The number of fused-ring (bicyclic) bond motifs is 1. The summed E-state index contributed by atoms with van der Waals surface area (Å²) >= 11 is 0. The zero-order valence-electron chi connectivity index (χ0n) is 20.4. The Morgan fingerprint density at radius 3 is 2.46 bits per heavy atom. The van der Waals surface area contributed by atoms with Crippen LogP contribution in [-0.2, 0) is 14.8 Å². The molecule has 0 saturated carbocycles. The lowest BCUT2D eigenvalue weighted by Gasteiger charge is -2.26. The monoisotopic (exact) mass is 521 g/mol. The fraction of sp³-hybridized carbons (Fsp3) is 0.240. The third-order valence-electron chi connectivity index (χ3n) is 6.00. The molecule has 1 saturated heterocycles. The van der Waals surface area contributed by atoms with Crippen molar-refractivity contribution in [3.05, 3.63) is 66.4 Å². The van der Waals surface area contributed by atoms with Gasteiger partial charge in [-0.1, -0.05) is 12.1 Å². The number of rotatable bonds is 7. The molecule has 1 aliphatic rings. The first kappa shape index (κ1) is 24.7. The van der Waals surface area contributed by atoms with E-state index in [2.05, 4.69) is 25.6 Å². The molecule has 5 rings (SSSR count). The standard InChI is InChI=1S/C25H27N7O4S/c1-31(2)37(34,35)21-6-4-3-5-20(21)28-23-19-11-12-26-22(19)29-25(30-23)27-18-9-7-17(8-10-18)24(33)32-13-15-36-16-14-32/h3-12H,13-16H2,1-2H3,(H3,26,27,28,29,30). The van der Waals surface area contributed by atoms with Crippen molar-refractivity contribution in [2.75, 3.05) is 51.0 Å². The molecule has 0 radical (unpaired) electrons. The van der Waals surface area contributed by atoms with Crippen LogP contribution in [0.4, 0.5) is 23.1 Å². The molecule has 1 fully saturated rings. The molecule has 0 bridgehead atoms. The van der Waals surface area contributed by atoms with Crippen LogP contribution in [0.2, 0.25) is 0 Å². The van der Waals surface area contributed by atoms with E-state index in [1.807, 2.05) is 6.07 Å². The molecule has 0 unspecified atom stereocenters. The molecule has 2 aromatic carbocycles. The predicted molar refractivity (Wildman–Crippen MR) is 141 cm³/mol. The van der Waals surface area contributed by atoms with Crippen LogP contribution in [0.15, 0.2) is 65.7 Å². The Hall–Kier alpha value is -4.00. The van der Waals surface area contributed by atoms with E-state index in [0.29, 0.717) is 66.0 Å². The quantitative estimate of drug-likeness (QED) is 0.338. The van der Waals surface area contributed by atoms with Crippen LogP contribution in [0.5, 0.6) is 0 Å². The van der Waals surface area contributed by atoms with E-state index in [1.165, 1.54) is 18.4 Å². The molecule has 192 valence electrons. The molecule has 1 aliphatic heterocycles. The first-order valence-corrected chi connectivity index (χ1v) is 13.1. The third-order valence-corrected chi connectivity index (χ3v) is 7.87. The second kappa shape index (κ2) is 10.2. The predicted octanol–water partition coefficient (Wildman–Crippen LogP) is 3.17. The number of nitrogens with one attached hydrogen (secondary N) is 3. The molecule has 0 aliphatic carbocycles. The number of sulfonamides is 1. The summed E-state index contributed by atoms with van der Waals surface area (Å²) in [6.45, 7) is 2.26. The zero-order valence-corrected chi connectivity index (χ0v) is 21.2. The summed E-state index contributed by atoms with van der Waals surface area (Å²) in [7, 11) is -0.701. The van der Waals surface area contributed by atoms with E-state index in [9.17, 15) is 13.2 Å². The molecule has 1 amide bonds. The zero-order chi connectivity index (χ0) is 26.0. The topological polar surface area (TPSA) is 133 Å². The second-order valence-electron chi connectivity index (χ2n) is 8.65. The number of H-pyrrole nitrogens is 1. The Morgan fingerprint density at radius 1 is 1.00 bits per heavy atom. The molecular formula is C25H27N7O4S. The molecule has 0 spiro atoms. The maximum atomic E-state index is 12.8. The summed E-state index contributed by atoms with van der Waals surface area (Å²) in [5, 5.41) is 7.04. The number of ether oxygens (including phenoxy) is 1. The SMILES string of the molecule is CN(C)S(=O)(=O)c1ccccc1Nc1nc(Nc2ccc(C(=O)N3CCOCC3)cc2)nc2[nH]ccc12. The van der Waals surface area contributed by atoms with E-state index in [4.69, 9.17) is 4.74 Å². The molecule has 0 atom stereocenters. The van der Waals surface area contributed by atoms with Gasteiger partial charge < -0.3 is 25.3 Å². The van der Waals surface area contributed by atoms with Crippen LogP contribution in [0, 0.1) is 0 Å². The highest BCUT2D eigenvalue weighted by Gasteiger charge is 2.22. The number of anilines is 4. The molecule has 4 aromatic rings. The Balaban J connectivity index is 1.41. The minimum Gasteiger partial charge on any atom is -0.378 e. The molecular weight excluding hydrogens is 494 g/mol. The van der Waals surface area contributed by atoms with E-state index in [1.54, 1.807) is 59.6 Å². The van der Waals surface area contributed by atoms with Crippen LogP contribution in [0.25, 0.3) is 11.0 Å². The van der Waals surface area contributed by atoms with Gasteiger partial charge in [0.25, 0.3) is 5.91 Å². The maximum Gasteiger partial charge on any atom is 0.254 e. The van der Waals surface area contributed by atoms with Gasteiger partial charge in [-0.3, -0.25) is 4.79 Å². The van der Waals surface area contributed by atoms with Gasteiger partial charge in [0.2, 0.25) is 16.0 Å². The molecule has 2 aromatic heterocycles. The van der Waals surface area contributed by atoms with E-state index < -0.39 is 10.0 Å². The van der Waals surface area contributed by atoms with Gasteiger partial charge >= 0.3 is 0 Å². The van der Waals surface area contributed by atoms with Crippen LogP contribution in [0.3, 0.4) is 0 Å².